The summed E-state index contributed by atoms with van der Waals surface area (Å²) in [6.07, 6.45) is 4.93. The minimum absolute atomic E-state index is 0.628. The number of hydrogen-bond donors (Lipinski definition) is 2. The van der Waals surface area contributed by atoms with Gasteiger partial charge < -0.3 is 9.73 Å². The number of nitrogens with zero attached hydrogens (tertiary/aromatic N) is 2. The number of aromatic nitrogens is 3. The van der Waals surface area contributed by atoms with E-state index in [9.17, 15) is 0 Å². The normalized spacial score (nSPS) is 10.8. The fraction of sp³-hybridized carbons (Fsp3) is 0.0909. The molecule has 0 saturated heterocycles. The molecule has 0 unspecified atom stereocenters. The summed E-state index contributed by atoms with van der Waals surface area (Å²) < 4.78 is 5.14. The van der Waals surface area contributed by atoms with Gasteiger partial charge in [-0.2, -0.15) is 5.10 Å². The van der Waals surface area contributed by atoms with Gasteiger partial charge in [-0.15, -0.1) is 0 Å². The molecular formula is C11H10N4O. The van der Waals surface area contributed by atoms with Crippen LogP contribution in [0.25, 0.3) is 10.9 Å². The SMILES string of the molecule is c1ncc(CNc2ccc3[nH]ncc3c2)o1. The van der Waals surface area contributed by atoms with Crippen molar-refractivity contribution in [1.29, 1.82) is 0 Å². The van der Waals surface area contributed by atoms with Crippen molar-refractivity contribution in [2.24, 2.45) is 0 Å². The van der Waals surface area contributed by atoms with Crippen LogP contribution in [0.1, 0.15) is 5.76 Å². The smallest absolute Gasteiger partial charge is 0.180 e. The van der Waals surface area contributed by atoms with Crippen molar-refractivity contribution in [3.05, 3.63) is 42.7 Å². The molecule has 0 aliphatic heterocycles. The molecule has 0 spiro atoms. The maximum atomic E-state index is 5.14. The van der Waals surface area contributed by atoms with E-state index in [1.165, 1.54) is 6.39 Å². The summed E-state index contributed by atoms with van der Waals surface area (Å²) in [5.74, 6) is 0.812. The Morgan fingerprint density at radius 1 is 1.31 bits per heavy atom. The summed E-state index contributed by atoms with van der Waals surface area (Å²) in [6.45, 7) is 0.628. The second-order valence-corrected chi connectivity index (χ2v) is 3.49. The molecule has 0 radical (unpaired) electrons. The Bertz CT molecular complexity index is 585. The number of hydrogen-bond acceptors (Lipinski definition) is 4. The van der Waals surface area contributed by atoms with E-state index in [1.807, 2.05) is 18.2 Å². The maximum absolute atomic E-state index is 5.14. The van der Waals surface area contributed by atoms with Gasteiger partial charge in [0.2, 0.25) is 0 Å². The molecule has 0 fully saturated rings. The van der Waals surface area contributed by atoms with Crippen LogP contribution in [0.5, 0.6) is 0 Å². The molecule has 2 heterocycles. The van der Waals surface area contributed by atoms with Crippen LogP contribution >= 0.6 is 0 Å². The molecule has 0 aliphatic rings. The van der Waals surface area contributed by atoms with Crippen molar-refractivity contribution in [3.8, 4) is 0 Å². The zero-order valence-corrected chi connectivity index (χ0v) is 8.47. The van der Waals surface area contributed by atoms with E-state index in [1.54, 1.807) is 12.4 Å². The van der Waals surface area contributed by atoms with E-state index >= 15 is 0 Å². The average molecular weight is 214 g/mol. The van der Waals surface area contributed by atoms with Crippen LogP contribution in [0, 0.1) is 0 Å². The summed E-state index contributed by atoms with van der Waals surface area (Å²) in [5, 5.41) is 11.2. The van der Waals surface area contributed by atoms with E-state index in [0.29, 0.717) is 6.54 Å². The molecule has 0 saturated carbocycles. The summed E-state index contributed by atoms with van der Waals surface area (Å²) in [6, 6.07) is 6.02. The fourth-order valence-corrected chi connectivity index (χ4v) is 1.57. The van der Waals surface area contributed by atoms with Gasteiger partial charge in [-0.1, -0.05) is 0 Å². The van der Waals surface area contributed by atoms with E-state index < -0.39 is 0 Å². The van der Waals surface area contributed by atoms with Crippen molar-refractivity contribution in [3.63, 3.8) is 0 Å². The molecule has 16 heavy (non-hydrogen) atoms. The molecule has 3 rings (SSSR count). The molecule has 1 aromatic carbocycles. The number of fused-ring (bicyclic) bond motifs is 1. The monoisotopic (exact) mass is 214 g/mol. The summed E-state index contributed by atoms with van der Waals surface area (Å²) in [5.41, 5.74) is 2.07. The van der Waals surface area contributed by atoms with Gasteiger partial charge in [0.15, 0.2) is 6.39 Å². The Morgan fingerprint density at radius 3 is 3.19 bits per heavy atom. The van der Waals surface area contributed by atoms with Gasteiger partial charge in [0.25, 0.3) is 0 Å². The Kier molecular flexibility index (Phi) is 2.07. The first-order chi connectivity index (χ1) is 7.92. The lowest BCUT2D eigenvalue weighted by atomic mass is 10.2. The molecule has 5 heteroatoms. The van der Waals surface area contributed by atoms with E-state index in [4.69, 9.17) is 4.42 Å². The molecular weight excluding hydrogens is 204 g/mol. The van der Waals surface area contributed by atoms with Gasteiger partial charge >= 0.3 is 0 Å². The van der Waals surface area contributed by atoms with Crippen LogP contribution in [0.15, 0.2) is 41.4 Å². The minimum atomic E-state index is 0.628. The molecule has 5 nitrogen and oxygen atoms in total. The molecule has 3 aromatic rings. The molecule has 0 amide bonds. The van der Waals surface area contributed by atoms with Crippen molar-refractivity contribution in [1.82, 2.24) is 15.2 Å². The third-order valence-corrected chi connectivity index (χ3v) is 2.39. The number of H-pyrrole nitrogens is 1. The second-order valence-electron chi connectivity index (χ2n) is 3.49. The van der Waals surface area contributed by atoms with Crippen LogP contribution < -0.4 is 5.32 Å². The van der Waals surface area contributed by atoms with Gasteiger partial charge in [0, 0.05) is 11.1 Å². The zero-order valence-electron chi connectivity index (χ0n) is 8.47. The fourth-order valence-electron chi connectivity index (χ4n) is 1.57. The van der Waals surface area contributed by atoms with Crippen molar-refractivity contribution < 1.29 is 4.42 Å². The zero-order chi connectivity index (χ0) is 10.8. The first kappa shape index (κ1) is 8.96. The number of nitrogens with one attached hydrogen (secondary N) is 2. The van der Waals surface area contributed by atoms with Gasteiger partial charge in [-0.3, -0.25) is 5.10 Å². The van der Waals surface area contributed by atoms with E-state index in [2.05, 4.69) is 20.5 Å². The molecule has 0 atom stereocenters. The van der Waals surface area contributed by atoms with Crippen LogP contribution in [0.3, 0.4) is 0 Å². The number of oxazole rings is 1. The van der Waals surface area contributed by atoms with Gasteiger partial charge in [0.1, 0.15) is 5.76 Å². The van der Waals surface area contributed by atoms with Gasteiger partial charge in [-0.05, 0) is 18.2 Å². The predicted octanol–water partition coefficient (Wildman–Crippen LogP) is 2.16. The Hall–Kier alpha value is -2.30. The highest BCUT2D eigenvalue weighted by Crippen LogP contribution is 2.17. The maximum Gasteiger partial charge on any atom is 0.180 e. The van der Waals surface area contributed by atoms with Crippen molar-refractivity contribution >= 4 is 16.6 Å². The Morgan fingerprint density at radius 2 is 2.31 bits per heavy atom. The highest BCUT2D eigenvalue weighted by Gasteiger charge is 1.99. The molecule has 2 N–H and O–H groups in total. The summed E-state index contributed by atoms with van der Waals surface area (Å²) in [4.78, 5) is 3.85. The van der Waals surface area contributed by atoms with E-state index in [-0.39, 0.29) is 0 Å². The van der Waals surface area contributed by atoms with Crippen LogP contribution in [0.4, 0.5) is 5.69 Å². The Labute approximate surface area is 91.5 Å². The summed E-state index contributed by atoms with van der Waals surface area (Å²) in [7, 11) is 0. The largest absolute Gasteiger partial charge is 0.447 e. The van der Waals surface area contributed by atoms with Crippen molar-refractivity contribution in [2.75, 3.05) is 5.32 Å². The van der Waals surface area contributed by atoms with Crippen LogP contribution in [-0.4, -0.2) is 15.2 Å². The quantitative estimate of drug-likeness (QED) is 0.701. The Balaban J connectivity index is 1.78. The van der Waals surface area contributed by atoms with Crippen LogP contribution in [0.2, 0.25) is 0 Å². The third-order valence-electron chi connectivity index (χ3n) is 2.39. The number of benzene rings is 1. The molecule has 80 valence electrons. The highest BCUT2D eigenvalue weighted by atomic mass is 16.3. The highest BCUT2D eigenvalue weighted by molar-refractivity contribution is 5.81. The molecule has 2 aromatic heterocycles. The number of aromatic amines is 1. The van der Waals surface area contributed by atoms with Gasteiger partial charge in [-0.25, -0.2) is 4.98 Å². The average Bonchev–Trinajstić information content (AvgIpc) is 2.97. The third kappa shape index (κ3) is 1.63. The topological polar surface area (TPSA) is 66.7 Å². The second kappa shape index (κ2) is 3.69. The molecule has 0 bridgehead atoms. The first-order valence-electron chi connectivity index (χ1n) is 4.96. The number of anilines is 1. The summed E-state index contributed by atoms with van der Waals surface area (Å²) >= 11 is 0. The van der Waals surface area contributed by atoms with Gasteiger partial charge in [0.05, 0.1) is 24.5 Å². The lowest BCUT2D eigenvalue weighted by molar-refractivity contribution is 0.512. The minimum Gasteiger partial charge on any atom is -0.447 e. The first-order valence-corrected chi connectivity index (χ1v) is 4.96. The van der Waals surface area contributed by atoms with E-state index in [0.717, 1.165) is 22.4 Å². The van der Waals surface area contributed by atoms with Crippen LogP contribution in [-0.2, 0) is 6.54 Å². The van der Waals surface area contributed by atoms with Crippen molar-refractivity contribution in [2.45, 2.75) is 6.54 Å². The molecule has 0 aliphatic carbocycles. The standard InChI is InChI=1S/C11H10N4O/c1-2-11-8(4-14-15-11)3-9(1)13-6-10-5-12-7-16-10/h1-5,7,13H,6H2,(H,14,15). The lowest BCUT2D eigenvalue weighted by Crippen LogP contribution is -1.97. The predicted molar refractivity (Wildman–Crippen MR) is 59.9 cm³/mol. The number of rotatable bonds is 3. The lowest BCUT2D eigenvalue weighted by Gasteiger charge is -2.03.